The zero-order valence-corrected chi connectivity index (χ0v) is 9.50. The van der Waals surface area contributed by atoms with Gasteiger partial charge in [-0.2, -0.15) is 0 Å². The number of rotatable bonds is 4. The van der Waals surface area contributed by atoms with Gasteiger partial charge in [0.05, 0.1) is 5.54 Å². The summed E-state index contributed by atoms with van der Waals surface area (Å²) in [7, 11) is 1.78. The van der Waals surface area contributed by atoms with E-state index >= 15 is 0 Å². The molecule has 0 saturated carbocycles. The predicted molar refractivity (Wildman–Crippen MR) is 61.4 cm³/mol. The largest absolute Gasteiger partial charge is 0.350 e. The van der Waals surface area contributed by atoms with Gasteiger partial charge in [-0.3, -0.25) is 4.79 Å². The summed E-state index contributed by atoms with van der Waals surface area (Å²) in [6.07, 6.45) is 0. The second-order valence-corrected chi connectivity index (χ2v) is 4.04. The van der Waals surface area contributed by atoms with Crippen molar-refractivity contribution in [3.63, 3.8) is 0 Å². The summed E-state index contributed by atoms with van der Waals surface area (Å²) in [4.78, 5) is 11.7. The fourth-order valence-corrected chi connectivity index (χ4v) is 1.11. The van der Waals surface area contributed by atoms with Crippen LogP contribution in [0, 0.1) is 0 Å². The van der Waals surface area contributed by atoms with Gasteiger partial charge >= 0.3 is 0 Å². The zero-order chi connectivity index (χ0) is 11.3. The number of hydrogen-bond acceptors (Lipinski definition) is 2. The van der Waals surface area contributed by atoms with E-state index in [1.807, 2.05) is 44.2 Å². The van der Waals surface area contributed by atoms with Gasteiger partial charge in [-0.25, -0.2) is 0 Å². The van der Waals surface area contributed by atoms with Gasteiger partial charge in [-0.1, -0.05) is 30.3 Å². The van der Waals surface area contributed by atoms with Gasteiger partial charge in [-0.05, 0) is 26.5 Å². The molecular formula is C12H18N2O. The van der Waals surface area contributed by atoms with E-state index in [-0.39, 0.29) is 5.91 Å². The molecule has 0 radical (unpaired) electrons. The first-order chi connectivity index (χ1) is 7.06. The van der Waals surface area contributed by atoms with Crippen LogP contribution in [0.4, 0.5) is 0 Å². The van der Waals surface area contributed by atoms with E-state index < -0.39 is 5.54 Å². The molecule has 1 aromatic carbocycles. The van der Waals surface area contributed by atoms with Crippen molar-refractivity contribution < 1.29 is 4.79 Å². The van der Waals surface area contributed by atoms with Crippen molar-refractivity contribution >= 4 is 5.91 Å². The minimum atomic E-state index is -0.519. The molecule has 3 nitrogen and oxygen atoms in total. The highest BCUT2D eigenvalue weighted by molar-refractivity contribution is 5.85. The van der Waals surface area contributed by atoms with Crippen molar-refractivity contribution in [2.24, 2.45) is 0 Å². The fourth-order valence-electron chi connectivity index (χ4n) is 1.11. The average molecular weight is 206 g/mol. The summed E-state index contributed by atoms with van der Waals surface area (Å²) in [5, 5.41) is 5.85. The minimum Gasteiger partial charge on any atom is -0.350 e. The van der Waals surface area contributed by atoms with Gasteiger partial charge in [0.25, 0.3) is 0 Å². The molecule has 3 heteroatoms. The monoisotopic (exact) mass is 206 g/mol. The third-order valence-electron chi connectivity index (χ3n) is 2.49. The lowest BCUT2D eigenvalue weighted by atomic mass is 10.1. The van der Waals surface area contributed by atoms with Crippen molar-refractivity contribution in [1.29, 1.82) is 0 Å². The molecule has 82 valence electrons. The minimum absolute atomic E-state index is 0.00820. The Bertz CT molecular complexity index is 320. The van der Waals surface area contributed by atoms with E-state index in [2.05, 4.69) is 10.6 Å². The van der Waals surface area contributed by atoms with Gasteiger partial charge in [0, 0.05) is 6.54 Å². The molecule has 0 bridgehead atoms. The normalized spacial score (nSPS) is 11.1. The molecule has 0 aliphatic rings. The van der Waals surface area contributed by atoms with Crippen LogP contribution in [-0.4, -0.2) is 18.5 Å². The summed E-state index contributed by atoms with van der Waals surface area (Å²) in [6, 6.07) is 9.87. The van der Waals surface area contributed by atoms with Crippen LogP contribution < -0.4 is 10.6 Å². The molecule has 1 amide bonds. The van der Waals surface area contributed by atoms with Gasteiger partial charge in [0.2, 0.25) is 5.91 Å². The third kappa shape index (κ3) is 3.36. The average Bonchev–Trinajstić information content (AvgIpc) is 2.27. The molecule has 0 unspecified atom stereocenters. The zero-order valence-electron chi connectivity index (χ0n) is 9.50. The van der Waals surface area contributed by atoms with Crippen molar-refractivity contribution in [3.05, 3.63) is 35.9 Å². The lowest BCUT2D eigenvalue weighted by Gasteiger charge is -2.22. The van der Waals surface area contributed by atoms with E-state index in [0.29, 0.717) is 6.54 Å². The molecule has 0 aliphatic carbocycles. The molecule has 0 saturated heterocycles. The first-order valence-corrected chi connectivity index (χ1v) is 5.07. The molecule has 2 N–H and O–H groups in total. The maximum Gasteiger partial charge on any atom is 0.239 e. The molecular weight excluding hydrogens is 188 g/mol. The van der Waals surface area contributed by atoms with Gasteiger partial charge in [-0.15, -0.1) is 0 Å². The predicted octanol–water partition coefficient (Wildman–Crippen LogP) is 1.30. The molecule has 1 rings (SSSR count). The van der Waals surface area contributed by atoms with Gasteiger partial charge in [0.15, 0.2) is 0 Å². The molecule has 0 heterocycles. The number of benzene rings is 1. The highest BCUT2D eigenvalue weighted by Crippen LogP contribution is 2.02. The summed E-state index contributed by atoms with van der Waals surface area (Å²) in [5.74, 6) is 0.00820. The number of hydrogen-bond donors (Lipinski definition) is 2. The van der Waals surface area contributed by atoms with Gasteiger partial charge in [0.1, 0.15) is 0 Å². The highest BCUT2D eigenvalue weighted by Gasteiger charge is 2.24. The number of amides is 1. The SMILES string of the molecule is CNC(C)(C)C(=O)NCc1ccccc1. The molecule has 0 aliphatic heterocycles. The molecule has 1 aromatic rings. The topological polar surface area (TPSA) is 41.1 Å². The second-order valence-electron chi connectivity index (χ2n) is 4.04. The van der Waals surface area contributed by atoms with E-state index in [0.717, 1.165) is 5.56 Å². The Balaban J connectivity index is 2.48. The summed E-state index contributed by atoms with van der Waals surface area (Å²) in [6.45, 7) is 4.28. The van der Waals surface area contributed by atoms with Crippen molar-refractivity contribution in [3.8, 4) is 0 Å². The van der Waals surface area contributed by atoms with Crippen LogP contribution in [0.2, 0.25) is 0 Å². The number of carbonyl (C=O) groups excluding carboxylic acids is 1. The van der Waals surface area contributed by atoms with E-state index in [1.165, 1.54) is 0 Å². The van der Waals surface area contributed by atoms with Gasteiger partial charge < -0.3 is 10.6 Å². The lowest BCUT2D eigenvalue weighted by Crippen LogP contribution is -2.50. The molecule has 0 atom stereocenters. The number of likely N-dealkylation sites (N-methyl/N-ethyl adjacent to an activating group) is 1. The standard InChI is InChI=1S/C12H18N2O/c1-12(2,13-3)11(15)14-9-10-7-5-4-6-8-10/h4-8,13H,9H2,1-3H3,(H,14,15). The first kappa shape index (κ1) is 11.7. The Kier molecular flexibility index (Phi) is 3.86. The second kappa shape index (κ2) is 4.94. The Morgan fingerprint density at radius 1 is 1.27 bits per heavy atom. The van der Waals surface area contributed by atoms with Crippen LogP contribution in [0.25, 0.3) is 0 Å². The first-order valence-electron chi connectivity index (χ1n) is 5.07. The van der Waals surface area contributed by atoms with Crippen LogP contribution in [-0.2, 0) is 11.3 Å². The van der Waals surface area contributed by atoms with Crippen molar-refractivity contribution in [2.75, 3.05) is 7.05 Å². The molecule has 0 spiro atoms. The van der Waals surface area contributed by atoms with Crippen LogP contribution in [0.1, 0.15) is 19.4 Å². The smallest absolute Gasteiger partial charge is 0.239 e. The van der Waals surface area contributed by atoms with E-state index in [9.17, 15) is 4.79 Å². The van der Waals surface area contributed by atoms with E-state index in [4.69, 9.17) is 0 Å². The summed E-state index contributed by atoms with van der Waals surface area (Å²) < 4.78 is 0. The lowest BCUT2D eigenvalue weighted by molar-refractivity contribution is -0.126. The maximum atomic E-state index is 11.7. The Labute approximate surface area is 90.9 Å². The Hall–Kier alpha value is -1.35. The molecule has 15 heavy (non-hydrogen) atoms. The van der Waals surface area contributed by atoms with Crippen LogP contribution >= 0.6 is 0 Å². The summed E-state index contributed by atoms with van der Waals surface area (Å²) in [5.41, 5.74) is 0.590. The molecule has 0 aromatic heterocycles. The Morgan fingerprint density at radius 3 is 2.40 bits per heavy atom. The summed E-state index contributed by atoms with van der Waals surface area (Å²) >= 11 is 0. The van der Waals surface area contributed by atoms with Crippen molar-refractivity contribution in [1.82, 2.24) is 10.6 Å². The maximum absolute atomic E-state index is 11.7. The fraction of sp³-hybridized carbons (Fsp3) is 0.417. The molecule has 0 fully saturated rings. The van der Waals surface area contributed by atoms with Crippen LogP contribution in [0.3, 0.4) is 0 Å². The third-order valence-corrected chi connectivity index (χ3v) is 2.49. The number of nitrogens with one attached hydrogen (secondary N) is 2. The van der Waals surface area contributed by atoms with E-state index in [1.54, 1.807) is 7.05 Å². The quantitative estimate of drug-likeness (QED) is 0.779. The number of carbonyl (C=O) groups is 1. The highest BCUT2D eigenvalue weighted by atomic mass is 16.2. The van der Waals surface area contributed by atoms with Crippen molar-refractivity contribution in [2.45, 2.75) is 25.9 Å². The van der Waals surface area contributed by atoms with Crippen LogP contribution in [0.15, 0.2) is 30.3 Å². The van der Waals surface area contributed by atoms with Crippen LogP contribution in [0.5, 0.6) is 0 Å². The Morgan fingerprint density at radius 2 is 1.87 bits per heavy atom.